The van der Waals surface area contributed by atoms with Gasteiger partial charge in [0.05, 0.1) is 0 Å². The van der Waals surface area contributed by atoms with Gasteiger partial charge in [-0.15, -0.1) is 0 Å². The summed E-state index contributed by atoms with van der Waals surface area (Å²) in [5.41, 5.74) is 5.89. The van der Waals surface area contributed by atoms with Gasteiger partial charge in [-0.3, -0.25) is 20.6 Å². The Bertz CT molecular complexity index is 475. The van der Waals surface area contributed by atoms with Crippen molar-refractivity contribution in [2.24, 2.45) is 5.92 Å². The van der Waals surface area contributed by atoms with Gasteiger partial charge >= 0.3 is 6.18 Å². The van der Waals surface area contributed by atoms with E-state index in [1.54, 1.807) is 0 Å². The van der Waals surface area contributed by atoms with Crippen molar-refractivity contribution in [3.8, 4) is 0 Å². The average molecular weight is 316 g/mol. The maximum Gasteiger partial charge on any atom is 0.412 e. The van der Waals surface area contributed by atoms with Crippen LogP contribution in [0.15, 0.2) is 24.5 Å². The molecule has 1 atom stereocenters. The van der Waals surface area contributed by atoms with Crippen molar-refractivity contribution in [2.75, 3.05) is 13.1 Å². The molecule has 8 heteroatoms. The molecule has 122 valence electrons. The van der Waals surface area contributed by atoms with Crippen LogP contribution in [-0.4, -0.2) is 30.2 Å². The van der Waals surface area contributed by atoms with Gasteiger partial charge < -0.3 is 5.32 Å². The number of pyridine rings is 1. The van der Waals surface area contributed by atoms with Crippen LogP contribution in [0.2, 0.25) is 0 Å². The molecule has 5 nitrogen and oxygen atoms in total. The molecule has 1 unspecified atom stereocenters. The molecule has 1 aromatic rings. The number of hydrogen-bond donors (Lipinski definition) is 3. The molecule has 1 aromatic heterocycles. The first-order chi connectivity index (χ1) is 10.5. The van der Waals surface area contributed by atoms with Crippen LogP contribution in [0.3, 0.4) is 0 Å². The summed E-state index contributed by atoms with van der Waals surface area (Å²) in [6.07, 6.45) is -0.577. The summed E-state index contributed by atoms with van der Waals surface area (Å²) in [6.45, 7) is 1.64. The van der Waals surface area contributed by atoms with Crippen molar-refractivity contribution in [1.29, 1.82) is 0 Å². The molecule has 1 aliphatic heterocycles. The number of carbonyl (C=O) groups excluding carboxylic acids is 1. The second-order valence-electron chi connectivity index (χ2n) is 5.35. The topological polar surface area (TPSA) is 66.1 Å². The molecule has 1 fully saturated rings. The van der Waals surface area contributed by atoms with E-state index >= 15 is 0 Å². The number of rotatable bonds is 6. The maximum absolute atomic E-state index is 13.1. The maximum atomic E-state index is 13.1. The highest BCUT2D eigenvalue weighted by Gasteiger charge is 2.41. The standard InChI is InChI=1S/C14H19F3N4O/c15-14(16,17)13(11-4-2-6-18-9-11)21-12(22)5-1-3-10-7-19-20-8-10/h2,4,6,9-10,13,19-20H,1,3,5,7-8H2,(H,21,22). The minimum absolute atomic E-state index is 0.0625. The van der Waals surface area contributed by atoms with Gasteiger partial charge in [-0.05, 0) is 24.8 Å². The molecular formula is C14H19F3N4O. The lowest BCUT2D eigenvalue weighted by molar-refractivity contribution is -0.163. The first-order valence-corrected chi connectivity index (χ1v) is 7.18. The lowest BCUT2D eigenvalue weighted by atomic mass is 10.0. The number of nitrogens with zero attached hydrogens (tertiary/aromatic N) is 1. The Kier molecular flexibility index (Phi) is 5.73. The third-order valence-electron chi connectivity index (χ3n) is 3.57. The highest BCUT2D eigenvalue weighted by Crippen LogP contribution is 2.32. The Morgan fingerprint density at radius 1 is 1.41 bits per heavy atom. The fourth-order valence-corrected chi connectivity index (χ4v) is 2.39. The largest absolute Gasteiger partial charge is 0.412 e. The minimum atomic E-state index is -4.54. The predicted molar refractivity (Wildman–Crippen MR) is 74.5 cm³/mol. The molecule has 0 saturated carbocycles. The fraction of sp³-hybridized carbons (Fsp3) is 0.571. The van der Waals surface area contributed by atoms with Crippen LogP contribution in [0, 0.1) is 5.92 Å². The Morgan fingerprint density at radius 3 is 2.73 bits per heavy atom. The van der Waals surface area contributed by atoms with Crippen LogP contribution in [-0.2, 0) is 4.79 Å². The average Bonchev–Trinajstić information content (AvgIpc) is 2.98. The van der Waals surface area contributed by atoms with Crippen LogP contribution in [0.5, 0.6) is 0 Å². The van der Waals surface area contributed by atoms with E-state index in [1.807, 2.05) is 0 Å². The zero-order chi connectivity index (χ0) is 16.0. The lowest BCUT2D eigenvalue weighted by Crippen LogP contribution is -2.38. The normalized spacial score (nSPS) is 17.4. The summed E-state index contributed by atoms with van der Waals surface area (Å²) in [4.78, 5) is 15.5. The monoisotopic (exact) mass is 316 g/mol. The molecule has 2 heterocycles. The molecule has 0 aromatic carbocycles. The van der Waals surface area contributed by atoms with Gasteiger partial charge in [0.25, 0.3) is 0 Å². The van der Waals surface area contributed by atoms with Crippen molar-refractivity contribution < 1.29 is 18.0 Å². The molecule has 0 radical (unpaired) electrons. The van der Waals surface area contributed by atoms with Crippen molar-refractivity contribution in [3.63, 3.8) is 0 Å². The van der Waals surface area contributed by atoms with Gasteiger partial charge in [-0.2, -0.15) is 13.2 Å². The van der Waals surface area contributed by atoms with Gasteiger partial charge in [0.15, 0.2) is 6.04 Å². The van der Waals surface area contributed by atoms with Gasteiger partial charge in [0.1, 0.15) is 0 Å². The van der Waals surface area contributed by atoms with E-state index in [0.717, 1.165) is 25.7 Å². The SMILES string of the molecule is O=C(CCCC1CNNC1)NC(c1cccnc1)C(F)(F)F. The van der Waals surface area contributed by atoms with Gasteiger partial charge in [-0.25, -0.2) is 0 Å². The van der Waals surface area contributed by atoms with Crippen molar-refractivity contribution in [2.45, 2.75) is 31.5 Å². The number of nitrogens with one attached hydrogen (secondary N) is 3. The van der Waals surface area contributed by atoms with Crippen molar-refractivity contribution >= 4 is 5.91 Å². The van der Waals surface area contributed by atoms with E-state index in [2.05, 4.69) is 21.2 Å². The molecule has 3 N–H and O–H groups in total. The number of hydrazine groups is 1. The van der Waals surface area contributed by atoms with Gasteiger partial charge in [-0.1, -0.05) is 6.07 Å². The van der Waals surface area contributed by atoms with Crippen LogP contribution in [0.1, 0.15) is 30.9 Å². The predicted octanol–water partition coefficient (Wildman–Crippen LogP) is 1.70. The van der Waals surface area contributed by atoms with Crippen LogP contribution in [0.25, 0.3) is 0 Å². The molecular weight excluding hydrogens is 297 g/mol. The smallest absolute Gasteiger partial charge is 0.341 e. The molecule has 22 heavy (non-hydrogen) atoms. The third-order valence-corrected chi connectivity index (χ3v) is 3.57. The second kappa shape index (κ2) is 7.55. The Labute approximate surface area is 126 Å². The molecule has 1 aliphatic rings. The fourth-order valence-electron chi connectivity index (χ4n) is 2.39. The van der Waals surface area contributed by atoms with Crippen molar-refractivity contribution in [1.82, 2.24) is 21.2 Å². The quantitative estimate of drug-likeness (QED) is 0.747. The zero-order valence-corrected chi connectivity index (χ0v) is 12.0. The minimum Gasteiger partial charge on any atom is -0.341 e. The second-order valence-corrected chi connectivity index (χ2v) is 5.35. The van der Waals surface area contributed by atoms with Gasteiger partial charge in [0, 0.05) is 37.5 Å². The Hall–Kier alpha value is -1.67. The summed E-state index contributed by atoms with van der Waals surface area (Å²) in [6, 6.07) is 0.713. The Balaban J connectivity index is 1.85. The molecule has 0 aliphatic carbocycles. The third kappa shape index (κ3) is 4.96. The molecule has 0 bridgehead atoms. The molecule has 2 rings (SSSR count). The summed E-state index contributed by atoms with van der Waals surface area (Å²) >= 11 is 0. The summed E-state index contributed by atoms with van der Waals surface area (Å²) in [5, 5.41) is 2.06. The summed E-state index contributed by atoms with van der Waals surface area (Å²) < 4.78 is 39.2. The highest BCUT2D eigenvalue weighted by atomic mass is 19.4. The van der Waals surface area contributed by atoms with E-state index in [-0.39, 0.29) is 12.0 Å². The van der Waals surface area contributed by atoms with E-state index in [9.17, 15) is 18.0 Å². The zero-order valence-electron chi connectivity index (χ0n) is 12.0. The first-order valence-electron chi connectivity index (χ1n) is 7.18. The molecule has 1 saturated heterocycles. The molecule has 0 spiro atoms. The number of halogens is 3. The number of carbonyl (C=O) groups is 1. The number of hydrogen-bond acceptors (Lipinski definition) is 4. The van der Waals surface area contributed by atoms with Crippen LogP contribution >= 0.6 is 0 Å². The van der Waals surface area contributed by atoms with E-state index in [4.69, 9.17) is 0 Å². The number of aromatic nitrogens is 1. The molecule has 1 amide bonds. The van der Waals surface area contributed by atoms with Crippen molar-refractivity contribution in [3.05, 3.63) is 30.1 Å². The summed E-state index contributed by atoms with van der Waals surface area (Å²) in [5.74, 6) is -0.172. The lowest BCUT2D eigenvalue weighted by Gasteiger charge is -2.21. The van der Waals surface area contributed by atoms with Gasteiger partial charge in [0.2, 0.25) is 5.91 Å². The van der Waals surface area contributed by atoms with Crippen LogP contribution < -0.4 is 16.2 Å². The Morgan fingerprint density at radius 2 is 2.14 bits per heavy atom. The van der Waals surface area contributed by atoms with Crippen LogP contribution in [0.4, 0.5) is 13.2 Å². The van der Waals surface area contributed by atoms with E-state index in [1.165, 1.54) is 18.3 Å². The number of amides is 1. The van der Waals surface area contributed by atoms with E-state index < -0.39 is 18.1 Å². The summed E-state index contributed by atoms with van der Waals surface area (Å²) in [7, 11) is 0. The highest BCUT2D eigenvalue weighted by molar-refractivity contribution is 5.76. The number of alkyl halides is 3. The first kappa shape index (κ1) is 16.7. The van der Waals surface area contributed by atoms with E-state index in [0.29, 0.717) is 12.3 Å².